The SMILES string of the molecule is CC[C@H]1CN(CCOc2ccc(OC)c(OC)c2)C(=O)C2CCCC1N2.CC[C@H]1CN(CCOc2ccc(OC)c(OC)c2)C(=O)C2CCCC1N2S(=O)(=O)c1cc(Cl)cc(Cl)c1.Cc1ccc(OCCN(CC=CC[Si](C)(C)C)C(=O)[C@@H]2CCCC(=O)N2C(=O)OC(C)(C)C)cc1C. The van der Waals surface area contributed by atoms with Gasteiger partial charge in [-0.3, -0.25) is 19.2 Å². The van der Waals surface area contributed by atoms with E-state index in [0.717, 1.165) is 60.9 Å². The summed E-state index contributed by atoms with van der Waals surface area (Å²) in [6.45, 7) is 24.5. The van der Waals surface area contributed by atoms with Crippen molar-refractivity contribution in [2.24, 2.45) is 11.8 Å². The van der Waals surface area contributed by atoms with Crippen molar-refractivity contribution in [1.82, 2.24) is 29.2 Å². The molecule has 0 radical (unpaired) electrons. The molecule has 5 amide bonds. The number of hydrogen-bond donors (Lipinski definition) is 1. The van der Waals surface area contributed by atoms with Gasteiger partial charge in [-0.05, 0) is 170 Å². The molecule has 0 saturated carbocycles. The highest BCUT2D eigenvalue weighted by atomic mass is 35.5. The average molecular weight is 1450 g/mol. The molecule has 99 heavy (non-hydrogen) atoms. The third-order valence-electron chi connectivity index (χ3n) is 18.7. The second-order valence-electron chi connectivity index (χ2n) is 28.1. The number of nitrogens with zero attached hydrogens (tertiary/aromatic N) is 5. The Morgan fingerprint density at radius 1 is 0.657 bits per heavy atom. The highest BCUT2D eigenvalue weighted by Gasteiger charge is 2.50. The Kier molecular flexibility index (Phi) is 29.5. The Morgan fingerprint density at radius 3 is 1.78 bits per heavy atom. The molecule has 5 heterocycles. The van der Waals surface area contributed by atoms with Gasteiger partial charge in [-0.2, -0.15) is 4.31 Å². The fraction of sp³-hybridized carbons (Fsp3) is 0.581. The number of nitrogens with one attached hydrogen (secondary N) is 1. The van der Waals surface area contributed by atoms with E-state index in [1.807, 2.05) is 68.1 Å². The molecule has 5 aliphatic heterocycles. The highest BCUT2D eigenvalue weighted by molar-refractivity contribution is 7.89. The van der Waals surface area contributed by atoms with E-state index in [-0.39, 0.29) is 69.6 Å². The van der Waals surface area contributed by atoms with E-state index in [2.05, 4.69) is 38.0 Å². The number of ether oxygens (including phenoxy) is 8. The summed E-state index contributed by atoms with van der Waals surface area (Å²) in [4.78, 5) is 72.3. The number of benzene rings is 4. The fourth-order valence-electron chi connectivity index (χ4n) is 13.2. The first-order chi connectivity index (χ1) is 47.0. The van der Waals surface area contributed by atoms with Crippen LogP contribution in [-0.4, -0.2) is 193 Å². The minimum Gasteiger partial charge on any atom is -0.493 e. The summed E-state index contributed by atoms with van der Waals surface area (Å²) < 4.78 is 73.5. The number of rotatable bonds is 25. The Morgan fingerprint density at radius 2 is 1.21 bits per heavy atom. The van der Waals surface area contributed by atoms with Gasteiger partial charge in [0, 0.05) is 68.4 Å². The largest absolute Gasteiger partial charge is 0.493 e. The molecule has 5 saturated heterocycles. The van der Waals surface area contributed by atoms with E-state index in [9.17, 15) is 32.4 Å². The molecule has 21 nitrogen and oxygen atoms in total. The minimum absolute atomic E-state index is 0.00906. The number of aryl methyl sites for hydroxylation is 2. The number of amides is 5. The summed E-state index contributed by atoms with van der Waals surface area (Å²) in [5.41, 5.74) is 1.57. The number of sulfonamides is 1. The van der Waals surface area contributed by atoms with Crippen LogP contribution in [0, 0.1) is 25.7 Å². The summed E-state index contributed by atoms with van der Waals surface area (Å²) in [6, 6.07) is 20.5. The minimum atomic E-state index is -4.01. The lowest BCUT2D eigenvalue weighted by Gasteiger charge is -2.40. The van der Waals surface area contributed by atoms with Gasteiger partial charge in [0.25, 0.3) is 0 Å². The highest BCUT2D eigenvalue weighted by Crippen LogP contribution is 2.40. The Bertz CT molecular complexity index is 3510. The van der Waals surface area contributed by atoms with Gasteiger partial charge in [0.15, 0.2) is 23.0 Å². The molecule has 9 rings (SSSR count). The zero-order chi connectivity index (χ0) is 72.4. The number of piperidine rings is 3. The number of halogens is 2. The smallest absolute Gasteiger partial charge is 0.417 e. The normalized spacial score (nSPS) is 21.2. The van der Waals surface area contributed by atoms with Crippen LogP contribution in [0.4, 0.5) is 4.79 Å². The standard InChI is InChI=1S/C28H44N2O5Si.C26H32Cl2N2O6S.C20H30N2O4/c1-21-14-15-23(20-22(21)2)34-18-17-29(16-9-10-19-36(6,7)8)26(32)24-12-11-13-25(31)30(24)27(33)35-28(3,4)5;1-4-17-16-29(10-11-36-20-8-9-24(34-2)25(15-20)35-3)26(31)23-7-5-6-22(17)30(23)37(32,33)21-13-18(27)12-19(28)14-21;1-4-14-13-22(20(23)17-7-5-6-16(14)21-17)10-11-26-15-8-9-18(24-2)19(12-15)25-3/h9-10,14-15,20,24H,11-13,16-19H2,1-8H3;8-9,12-15,17,22-23H,4-7,10-11,16H2,1-3H3;8-9,12,14,16-17,21H,4-7,10-11,13H2,1-3H3/t24-;17-,22?,23?;14-,16?,17?/m000/s1. The monoisotopic (exact) mass is 1450 g/mol. The maximum Gasteiger partial charge on any atom is 0.417 e. The number of methoxy groups -OCH3 is 4. The lowest BCUT2D eigenvalue weighted by Crippen LogP contribution is -2.56. The second-order valence-corrected chi connectivity index (χ2v) is 36.4. The number of imide groups is 1. The predicted molar refractivity (Wildman–Crippen MR) is 388 cm³/mol. The van der Waals surface area contributed by atoms with Crippen molar-refractivity contribution in [3.8, 4) is 40.2 Å². The van der Waals surface area contributed by atoms with Crippen LogP contribution in [0.1, 0.15) is 116 Å². The van der Waals surface area contributed by atoms with Crippen LogP contribution in [0.15, 0.2) is 89.8 Å². The van der Waals surface area contributed by atoms with Crippen molar-refractivity contribution >= 4 is 71.0 Å². The number of carbonyl (C=O) groups is 5. The first-order valence-electron chi connectivity index (χ1n) is 34.7. The maximum absolute atomic E-state index is 13.9. The van der Waals surface area contributed by atoms with Gasteiger partial charge < -0.3 is 57.9 Å². The van der Waals surface area contributed by atoms with E-state index < -0.39 is 41.9 Å². The molecule has 0 spiro atoms. The van der Waals surface area contributed by atoms with Crippen LogP contribution in [0.3, 0.4) is 0 Å². The molecule has 5 fully saturated rings. The molecule has 0 aliphatic carbocycles. The topological polar surface area (TPSA) is 222 Å². The van der Waals surface area contributed by atoms with Gasteiger partial charge in [-0.25, -0.2) is 18.1 Å². The molecule has 546 valence electrons. The number of fused-ring (bicyclic) bond motifs is 4. The van der Waals surface area contributed by atoms with Gasteiger partial charge in [0.1, 0.15) is 54.8 Å². The van der Waals surface area contributed by atoms with Crippen LogP contribution in [0.2, 0.25) is 35.7 Å². The molecule has 4 unspecified atom stereocenters. The Hall–Kier alpha value is -6.76. The van der Waals surface area contributed by atoms with E-state index in [1.165, 1.54) is 34.5 Å². The van der Waals surface area contributed by atoms with Crippen molar-refractivity contribution in [3.63, 3.8) is 0 Å². The first-order valence-corrected chi connectivity index (χ1v) is 40.6. The number of carbonyl (C=O) groups excluding carboxylic acids is 5. The summed E-state index contributed by atoms with van der Waals surface area (Å²) in [5, 5.41) is 4.04. The van der Waals surface area contributed by atoms with Crippen molar-refractivity contribution in [3.05, 3.63) is 106 Å². The van der Waals surface area contributed by atoms with Crippen LogP contribution in [-0.2, 0) is 33.9 Å². The molecule has 0 aromatic heterocycles. The van der Waals surface area contributed by atoms with E-state index in [0.29, 0.717) is 118 Å². The number of likely N-dealkylation sites (tertiary alicyclic amines) is 1. The molecule has 4 bridgehead atoms. The summed E-state index contributed by atoms with van der Waals surface area (Å²) in [6.07, 6.45) is 11.6. The van der Waals surface area contributed by atoms with Gasteiger partial charge in [0.05, 0.1) is 59.0 Å². The Balaban J connectivity index is 0.000000212. The van der Waals surface area contributed by atoms with Gasteiger partial charge in [-0.15, -0.1) is 0 Å². The van der Waals surface area contributed by atoms with Gasteiger partial charge >= 0.3 is 6.09 Å². The summed E-state index contributed by atoms with van der Waals surface area (Å²) in [5.74, 6) is 4.42. The van der Waals surface area contributed by atoms with Crippen LogP contribution in [0.25, 0.3) is 0 Å². The fourth-order valence-corrected chi connectivity index (χ4v) is 16.7. The van der Waals surface area contributed by atoms with Crippen molar-refractivity contribution in [2.45, 2.75) is 185 Å². The molecule has 4 aromatic carbocycles. The number of hydrogen-bond acceptors (Lipinski definition) is 16. The third-order valence-corrected chi connectivity index (χ3v) is 22.5. The van der Waals surface area contributed by atoms with Crippen molar-refractivity contribution < 1.29 is 70.3 Å². The second kappa shape index (κ2) is 36.7. The average Bonchev–Trinajstić information content (AvgIpc) is 1.69. The molecule has 4 aromatic rings. The van der Waals surface area contributed by atoms with E-state index in [1.54, 1.807) is 77.2 Å². The molecule has 5 aliphatic rings. The molecule has 25 heteroatoms. The van der Waals surface area contributed by atoms with Crippen LogP contribution in [0.5, 0.6) is 40.2 Å². The van der Waals surface area contributed by atoms with Gasteiger partial charge in [-0.1, -0.05) is 87.8 Å². The quantitative estimate of drug-likeness (QED) is 0.0481. The van der Waals surface area contributed by atoms with Gasteiger partial charge in [0.2, 0.25) is 33.7 Å². The number of allylic oxidation sites excluding steroid dienone is 1. The predicted octanol–water partition coefficient (Wildman–Crippen LogP) is 13.1. The lowest BCUT2D eigenvalue weighted by molar-refractivity contribution is -0.147. The van der Waals surface area contributed by atoms with E-state index in [4.69, 9.17) is 61.1 Å². The zero-order valence-corrected chi connectivity index (χ0v) is 63.8. The zero-order valence-electron chi connectivity index (χ0n) is 60.5. The molecular formula is C74H106Cl2N6O15SSi. The van der Waals surface area contributed by atoms with Crippen LogP contribution >= 0.6 is 23.2 Å². The Labute approximate surface area is 598 Å². The van der Waals surface area contributed by atoms with Crippen molar-refractivity contribution in [2.75, 3.05) is 87.5 Å². The lowest BCUT2D eigenvalue weighted by atomic mass is 9.89. The molecule has 1 N–H and O–H groups in total. The third kappa shape index (κ3) is 22.1. The van der Waals surface area contributed by atoms with Crippen molar-refractivity contribution in [1.29, 1.82) is 0 Å². The summed E-state index contributed by atoms with van der Waals surface area (Å²) >= 11 is 12.3. The molecular weight excluding hydrogens is 1340 g/mol. The first kappa shape index (κ1) is 79.6. The molecule has 7 atom stereocenters. The maximum atomic E-state index is 13.9. The van der Waals surface area contributed by atoms with Crippen LogP contribution < -0.4 is 38.5 Å². The van der Waals surface area contributed by atoms with E-state index >= 15 is 0 Å². The summed E-state index contributed by atoms with van der Waals surface area (Å²) in [7, 11) is 1.07.